The van der Waals surface area contributed by atoms with E-state index in [2.05, 4.69) is 23.3 Å². The van der Waals surface area contributed by atoms with Crippen LogP contribution in [0.4, 0.5) is 0 Å². The number of carbonyl (C=O) groups is 2. The standard InChI is InChI=1S/C11H19N3O2S/c12-8(5-17)9(15)14-7-1-3-11(4-2-7)6-13-10(11)16/h7-8,17H,1-6,12H2,(H,13,16)(H,14,15)/t7?,8-,11?/m0/s1. The Balaban J connectivity index is 1.79. The van der Waals surface area contributed by atoms with Crippen LogP contribution in [0.1, 0.15) is 25.7 Å². The van der Waals surface area contributed by atoms with E-state index >= 15 is 0 Å². The van der Waals surface area contributed by atoms with Crippen molar-refractivity contribution in [2.45, 2.75) is 37.8 Å². The molecule has 0 radical (unpaired) electrons. The van der Waals surface area contributed by atoms with Gasteiger partial charge in [0.05, 0.1) is 11.5 Å². The first kappa shape index (κ1) is 12.7. The zero-order valence-electron chi connectivity index (χ0n) is 9.74. The van der Waals surface area contributed by atoms with Crippen LogP contribution in [0.5, 0.6) is 0 Å². The molecular weight excluding hydrogens is 238 g/mol. The fourth-order valence-electron chi connectivity index (χ4n) is 2.52. The highest BCUT2D eigenvalue weighted by Gasteiger charge is 2.48. The maximum Gasteiger partial charge on any atom is 0.237 e. The monoisotopic (exact) mass is 257 g/mol. The Morgan fingerprint density at radius 2 is 2.24 bits per heavy atom. The Morgan fingerprint density at radius 3 is 2.65 bits per heavy atom. The van der Waals surface area contributed by atoms with Crippen molar-refractivity contribution >= 4 is 24.4 Å². The van der Waals surface area contributed by atoms with Crippen LogP contribution in [0.15, 0.2) is 0 Å². The summed E-state index contributed by atoms with van der Waals surface area (Å²) in [5.74, 6) is 0.388. The predicted molar refractivity (Wildman–Crippen MR) is 67.7 cm³/mol. The molecule has 1 aliphatic carbocycles. The van der Waals surface area contributed by atoms with Crippen molar-refractivity contribution in [3.8, 4) is 0 Å². The normalized spacial score (nSPS) is 33.8. The minimum atomic E-state index is -0.541. The lowest BCUT2D eigenvalue weighted by molar-refractivity contribution is -0.143. The van der Waals surface area contributed by atoms with Crippen molar-refractivity contribution in [1.82, 2.24) is 10.6 Å². The van der Waals surface area contributed by atoms with E-state index in [9.17, 15) is 9.59 Å². The van der Waals surface area contributed by atoms with E-state index in [1.165, 1.54) is 0 Å². The molecule has 1 spiro atoms. The second-order valence-corrected chi connectivity index (χ2v) is 5.40. The number of hydrogen-bond donors (Lipinski definition) is 4. The summed E-state index contributed by atoms with van der Waals surface area (Å²) >= 11 is 4.00. The van der Waals surface area contributed by atoms with Crippen LogP contribution in [0.25, 0.3) is 0 Å². The van der Waals surface area contributed by atoms with E-state index < -0.39 is 6.04 Å². The topological polar surface area (TPSA) is 84.2 Å². The van der Waals surface area contributed by atoms with E-state index in [1.807, 2.05) is 0 Å². The van der Waals surface area contributed by atoms with Crippen LogP contribution in [0.3, 0.4) is 0 Å². The van der Waals surface area contributed by atoms with Gasteiger partial charge < -0.3 is 16.4 Å². The average molecular weight is 257 g/mol. The lowest BCUT2D eigenvalue weighted by Crippen LogP contribution is -2.61. The van der Waals surface area contributed by atoms with E-state index in [-0.39, 0.29) is 23.3 Å². The molecule has 1 atom stereocenters. The molecule has 0 aromatic carbocycles. The Morgan fingerprint density at radius 1 is 1.59 bits per heavy atom. The molecule has 17 heavy (non-hydrogen) atoms. The summed E-state index contributed by atoms with van der Waals surface area (Å²) in [7, 11) is 0. The van der Waals surface area contributed by atoms with Gasteiger partial charge in [-0.3, -0.25) is 9.59 Å². The SMILES string of the molecule is N[C@@H](CS)C(=O)NC1CCC2(CC1)CNC2=O. The van der Waals surface area contributed by atoms with Crippen molar-refractivity contribution in [3.63, 3.8) is 0 Å². The molecule has 0 unspecified atom stereocenters. The molecule has 4 N–H and O–H groups in total. The third kappa shape index (κ3) is 2.42. The molecule has 2 rings (SSSR count). The van der Waals surface area contributed by atoms with Gasteiger partial charge in [0.2, 0.25) is 11.8 Å². The van der Waals surface area contributed by atoms with Crippen molar-refractivity contribution in [2.75, 3.05) is 12.3 Å². The summed E-state index contributed by atoms with van der Waals surface area (Å²) in [5.41, 5.74) is 5.46. The molecule has 0 bridgehead atoms. The summed E-state index contributed by atoms with van der Waals surface area (Å²) in [4.78, 5) is 23.0. The molecule has 2 amide bonds. The third-order valence-corrected chi connectivity index (χ3v) is 4.28. The first-order valence-corrected chi connectivity index (χ1v) is 6.66. The van der Waals surface area contributed by atoms with Crippen molar-refractivity contribution in [3.05, 3.63) is 0 Å². The molecule has 5 nitrogen and oxygen atoms in total. The van der Waals surface area contributed by atoms with Gasteiger partial charge in [-0.05, 0) is 25.7 Å². The van der Waals surface area contributed by atoms with Gasteiger partial charge in [0.15, 0.2) is 0 Å². The molecule has 0 aromatic rings. The largest absolute Gasteiger partial charge is 0.354 e. The number of amides is 2. The lowest BCUT2D eigenvalue weighted by Gasteiger charge is -2.45. The number of nitrogens with two attached hydrogens (primary N) is 1. The second kappa shape index (κ2) is 4.86. The smallest absolute Gasteiger partial charge is 0.237 e. The minimum absolute atomic E-state index is 0.132. The maximum atomic E-state index is 11.6. The number of β-lactam (4-membered cyclic amide) rings is 1. The van der Waals surface area contributed by atoms with E-state index in [1.54, 1.807) is 0 Å². The summed E-state index contributed by atoms with van der Waals surface area (Å²) in [6.45, 7) is 0.794. The van der Waals surface area contributed by atoms with E-state index in [0.717, 1.165) is 32.2 Å². The summed E-state index contributed by atoms with van der Waals surface area (Å²) in [6, 6.07) is -0.381. The minimum Gasteiger partial charge on any atom is -0.354 e. The molecular formula is C11H19N3O2S. The first-order chi connectivity index (χ1) is 8.07. The number of nitrogens with one attached hydrogen (secondary N) is 2. The molecule has 0 aromatic heterocycles. The summed E-state index contributed by atoms with van der Waals surface area (Å²) in [6.07, 6.45) is 3.44. The number of hydrogen-bond acceptors (Lipinski definition) is 4. The number of rotatable bonds is 3. The Hall–Kier alpha value is -0.750. The van der Waals surface area contributed by atoms with Gasteiger partial charge in [0.25, 0.3) is 0 Å². The van der Waals surface area contributed by atoms with Crippen LogP contribution in [-0.2, 0) is 9.59 Å². The molecule has 1 saturated carbocycles. The molecule has 1 heterocycles. The predicted octanol–water partition coefficient (Wildman–Crippen LogP) is -0.582. The van der Waals surface area contributed by atoms with Crippen LogP contribution in [0, 0.1) is 5.41 Å². The fourth-order valence-corrected chi connectivity index (χ4v) is 2.69. The van der Waals surface area contributed by atoms with Crippen molar-refractivity contribution in [2.24, 2.45) is 11.1 Å². The first-order valence-electron chi connectivity index (χ1n) is 6.02. The second-order valence-electron chi connectivity index (χ2n) is 5.03. The fraction of sp³-hybridized carbons (Fsp3) is 0.818. The molecule has 96 valence electrons. The van der Waals surface area contributed by atoms with E-state index in [0.29, 0.717) is 5.75 Å². The highest BCUT2D eigenvalue weighted by atomic mass is 32.1. The highest BCUT2D eigenvalue weighted by Crippen LogP contribution is 2.40. The van der Waals surface area contributed by atoms with Crippen LogP contribution >= 0.6 is 12.6 Å². The number of carbonyl (C=O) groups excluding carboxylic acids is 2. The van der Waals surface area contributed by atoms with E-state index in [4.69, 9.17) is 5.73 Å². The summed E-state index contributed by atoms with van der Waals surface area (Å²) < 4.78 is 0. The van der Waals surface area contributed by atoms with Crippen LogP contribution < -0.4 is 16.4 Å². The third-order valence-electron chi connectivity index (χ3n) is 3.89. The van der Waals surface area contributed by atoms with Gasteiger partial charge in [0.1, 0.15) is 0 Å². The van der Waals surface area contributed by atoms with Gasteiger partial charge in [-0.2, -0.15) is 12.6 Å². The Bertz CT molecular complexity index is 327. The quantitative estimate of drug-likeness (QED) is 0.403. The van der Waals surface area contributed by atoms with Crippen molar-refractivity contribution < 1.29 is 9.59 Å². The highest BCUT2D eigenvalue weighted by molar-refractivity contribution is 7.80. The molecule has 1 aliphatic heterocycles. The average Bonchev–Trinajstić information content (AvgIpc) is 2.36. The molecule has 2 aliphatic rings. The van der Waals surface area contributed by atoms with Crippen molar-refractivity contribution in [1.29, 1.82) is 0 Å². The van der Waals surface area contributed by atoms with Gasteiger partial charge in [-0.15, -0.1) is 0 Å². The molecule has 2 fully saturated rings. The maximum absolute atomic E-state index is 11.6. The van der Waals surface area contributed by atoms with Crippen LogP contribution in [-0.4, -0.2) is 36.2 Å². The summed E-state index contributed by atoms with van der Waals surface area (Å²) in [5, 5.41) is 5.72. The Labute approximate surface area is 106 Å². The Kier molecular flexibility index (Phi) is 3.63. The van der Waals surface area contributed by atoms with Crippen LogP contribution in [0.2, 0.25) is 0 Å². The zero-order chi connectivity index (χ0) is 12.5. The zero-order valence-corrected chi connectivity index (χ0v) is 10.6. The lowest BCUT2D eigenvalue weighted by atomic mass is 9.68. The molecule has 1 saturated heterocycles. The number of thiol groups is 1. The van der Waals surface area contributed by atoms with Gasteiger partial charge in [-0.1, -0.05) is 0 Å². The van der Waals surface area contributed by atoms with Gasteiger partial charge in [-0.25, -0.2) is 0 Å². The molecule has 6 heteroatoms. The van der Waals surface area contributed by atoms with Gasteiger partial charge >= 0.3 is 0 Å². The van der Waals surface area contributed by atoms with Gasteiger partial charge in [0, 0.05) is 18.3 Å².